The van der Waals surface area contributed by atoms with Crippen LogP contribution in [-0.2, 0) is 5.75 Å². The number of rotatable bonds is 5. The highest BCUT2D eigenvalue weighted by molar-refractivity contribution is 7.98. The van der Waals surface area contributed by atoms with Gasteiger partial charge in [-0.05, 0) is 12.1 Å². The van der Waals surface area contributed by atoms with Crippen molar-refractivity contribution in [3.05, 3.63) is 24.2 Å². The Morgan fingerprint density at radius 3 is 3.15 bits per heavy atom. The van der Waals surface area contributed by atoms with Gasteiger partial charge in [0, 0.05) is 12.3 Å². The molecule has 1 aromatic heterocycles. The number of thioether (sulfide) groups is 1. The molecule has 5 heteroatoms. The Morgan fingerprint density at radius 1 is 1.69 bits per heavy atom. The minimum Gasteiger partial charge on any atom is -0.468 e. The summed E-state index contributed by atoms with van der Waals surface area (Å²) in [4.78, 5) is 10.1. The van der Waals surface area contributed by atoms with Gasteiger partial charge in [-0.25, -0.2) is 4.79 Å². The predicted octanol–water partition coefficient (Wildman–Crippen LogP) is 1.78. The zero-order valence-corrected chi connectivity index (χ0v) is 7.84. The molecule has 0 aliphatic carbocycles. The van der Waals surface area contributed by atoms with Crippen molar-refractivity contribution < 1.29 is 14.3 Å². The van der Waals surface area contributed by atoms with Crippen LogP contribution in [0.25, 0.3) is 0 Å². The maximum absolute atomic E-state index is 10.1. The quantitative estimate of drug-likeness (QED) is 0.713. The largest absolute Gasteiger partial charge is 0.468 e. The van der Waals surface area contributed by atoms with Crippen molar-refractivity contribution in [2.24, 2.45) is 0 Å². The van der Waals surface area contributed by atoms with Crippen LogP contribution in [0.3, 0.4) is 0 Å². The Morgan fingerprint density at radius 2 is 2.54 bits per heavy atom. The molecule has 1 rings (SSSR count). The zero-order valence-electron chi connectivity index (χ0n) is 7.03. The van der Waals surface area contributed by atoms with Gasteiger partial charge in [-0.1, -0.05) is 0 Å². The molecule has 0 aliphatic rings. The number of hydrogen-bond donors (Lipinski definition) is 2. The number of amides is 1. The first-order valence-electron chi connectivity index (χ1n) is 3.86. The van der Waals surface area contributed by atoms with Gasteiger partial charge >= 0.3 is 6.09 Å². The Balaban J connectivity index is 1.99. The Kier molecular flexibility index (Phi) is 4.25. The molecule has 0 saturated heterocycles. The highest BCUT2D eigenvalue weighted by Gasteiger charge is 1.96. The van der Waals surface area contributed by atoms with Gasteiger partial charge in [0.15, 0.2) is 0 Å². The molecule has 0 radical (unpaired) electrons. The lowest BCUT2D eigenvalue weighted by molar-refractivity contribution is 0.195. The normalized spacial score (nSPS) is 9.85. The summed E-state index contributed by atoms with van der Waals surface area (Å²) in [5.74, 6) is 2.46. The molecule has 72 valence electrons. The highest BCUT2D eigenvalue weighted by atomic mass is 32.2. The molecule has 0 saturated carbocycles. The first kappa shape index (κ1) is 9.98. The van der Waals surface area contributed by atoms with E-state index >= 15 is 0 Å². The molecule has 0 atom stereocenters. The fourth-order valence-corrected chi connectivity index (χ4v) is 1.55. The van der Waals surface area contributed by atoms with Crippen molar-refractivity contribution in [1.82, 2.24) is 5.32 Å². The van der Waals surface area contributed by atoms with Crippen LogP contribution in [0.2, 0.25) is 0 Å². The first-order valence-corrected chi connectivity index (χ1v) is 5.01. The van der Waals surface area contributed by atoms with E-state index in [0.717, 1.165) is 17.3 Å². The molecule has 13 heavy (non-hydrogen) atoms. The van der Waals surface area contributed by atoms with E-state index in [0.29, 0.717) is 6.54 Å². The van der Waals surface area contributed by atoms with Crippen LogP contribution in [0.4, 0.5) is 4.79 Å². The number of hydrogen-bond acceptors (Lipinski definition) is 3. The maximum Gasteiger partial charge on any atom is 0.404 e. The smallest absolute Gasteiger partial charge is 0.404 e. The first-order chi connectivity index (χ1) is 6.29. The van der Waals surface area contributed by atoms with Crippen molar-refractivity contribution >= 4 is 17.9 Å². The molecule has 0 fully saturated rings. The number of carboxylic acid groups (broad SMARTS) is 1. The van der Waals surface area contributed by atoms with E-state index in [1.807, 2.05) is 12.1 Å². The molecule has 0 aromatic carbocycles. The minimum absolute atomic E-state index is 0.473. The van der Waals surface area contributed by atoms with Gasteiger partial charge in [-0.2, -0.15) is 11.8 Å². The van der Waals surface area contributed by atoms with Crippen LogP contribution < -0.4 is 5.32 Å². The zero-order chi connectivity index (χ0) is 9.52. The van der Waals surface area contributed by atoms with Crippen LogP contribution in [0.15, 0.2) is 22.8 Å². The van der Waals surface area contributed by atoms with Crippen molar-refractivity contribution in [2.75, 3.05) is 12.3 Å². The topological polar surface area (TPSA) is 62.5 Å². The van der Waals surface area contributed by atoms with Crippen LogP contribution >= 0.6 is 11.8 Å². The second-order valence-electron chi connectivity index (χ2n) is 2.36. The molecule has 1 heterocycles. The molecular weight excluding hydrogens is 190 g/mol. The Labute approximate surface area is 80.3 Å². The SMILES string of the molecule is O=C(O)NCCSCc1ccco1. The molecule has 4 nitrogen and oxygen atoms in total. The van der Waals surface area contributed by atoms with E-state index in [1.165, 1.54) is 0 Å². The average Bonchev–Trinajstić information content (AvgIpc) is 2.55. The third kappa shape index (κ3) is 4.47. The van der Waals surface area contributed by atoms with Crippen LogP contribution in [0, 0.1) is 0 Å². The summed E-state index contributed by atoms with van der Waals surface area (Å²) in [5, 5.41) is 10.5. The molecule has 1 aromatic rings. The summed E-state index contributed by atoms with van der Waals surface area (Å²) in [6.07, 6.45) is 0.657. The van der Waals surface area contributed by atoms with E-state index in [9.17, 15) is 4.79 Å². The fourth-order valence-electron chi connectivity index (χ4n) is 0.798. The lowest BCUT2D eigenvalue weighted by Crippen LogP contribution is -2.23. The summed E-state index contributed by atoms with van der Waals surface area (Å²) in [7, 11) is 0. The van der Waals surface area contributed by atoms with E-state index in [4.69, 9.17) is 9.52 Å². The number of nitrogens with one attached hydrogen (secondary N) is 1. The van der Waals surface area contributed by atoms with Gasteiger partial charge < -0.3 is 14.8 Å². The van der Waals surface area contributed by atoms with Crippen LogP contribution in [0.1, 0.15) is 5.76 Å². The van der Waals surface area contributed by atoms with Crippen molar-refractivity contribution in [3.63, 3.8) is 0 Å². The lowest BCUT2D eigenvalue weighted by Gasteiger charge is -1.99. The van der Waals surface area contributed by atoms with Gasteiger partial charge in [0.2, 0.25) is 0 Å². The van der Waals surface area contributed by atoms with Gasteiger partial charge in [0.05, 0.1) is 12.0 Å². The standard InChI is InChI=1S/C8H11NO3S/c10-8(11)9-3-5-13-6-7-2-1-4-12-7/h1-2,4,9H,3,5-6H2,(H,10,11). The monoisotopic (exact) mass is 201 g/mol. The van der Waals surface area contributed by atoms with Gasteiger partial charge in [-0.15, -0.1) is 0 Å². The van der Waals surface area contributed by atoms with E-state index in [-0.39, 0.29) is 0 Å². The maximum atomic E-state index is 10.1. The Hall–Kier alpha value is -1.10. The summed E-state index contributed by atoms with van der Waals surface area (Å²) in [6, 6.07) is 3.74. The van der Waals surface area contributed by atoms with E-state index in [1.54, 1.807) is 18.0 Å². The molecule has 0 aliphatic heterocycles. The molecule has 0 spiro atoms. The highest BCUT2D eigenvalue weighted by Crippen LogP contribution is 2.11. The summed E-state index contributed by atoms with van der Waals surface area (Å²) in [5.41, 5.74) is 0. The molecule has 1 amide bonds. The fraction of sp³-hybridized carbons (Fsp3) is 0.375. The second-order valence-corrected chi connectivity index (χ2v) is 3.47. The van der Waals surface area contributed by atoms with Crippen LogP contribution in [0.5, 0.6) is 0 Å². The molecule has 0 unspecified atom stereocenters. The van der Waals surface area contributed by atoms with Gasteiger partial charge in [-0.3, -0.25) is 0 Å². The van der Waals surface area contributed by atoms with Crippen molar-refractivity contribution in [3.8, 4) is 0 Å². The molecule has 2 N–H and O–H groups in total. The third-order valence-electron chi connectivity index (χ3n) is 1.35. The summed E-state index contributed by atoms with van der Waals surface area (Å²) < 4.78 is 5.10. The lowest BCUT2D eigenvalue weighted by atomic mass is 10.5. The minimum atomic E-state index is -0.974. The Bertz CT molecular complexity index is 248. The average molecular weight is 201 g/mol. The number of furan rings is 1. The van der Waals surface area contributed by atoms with E-state index in [2.05, 4.69) is 5.32 Å². The molecule has 0 bridgehead atoms. The predicted molar refractivity (Wildman–Crippen MR) is 50.9 cm³/mol. The van der Waals surface area contributed by atoms with Gasteiger partial charge in [0.25, 0.3) is 0 Å². The molecular formula is C8H11NO3S. The van der Waals surface area contributed by atoms with Crippen molar-refractivity contribution in [1.29, 1.82) is 0 Å². The van der Waals surface area contributed by atoms with E-state index < -0.39 is 6.09 Å². The van der Waals surface area contributed by atoms with Gasteiger partial charge in [0.1, 0.15) is 5.76 Å². The summed E-state index contributed by atoms with van der Waals surface area (Å²) in [6.45, 7) is 0.473. The third-order valence-corrected chi connectivity index (χ3v) is 2.33. The van der Waals surface area contributed by atoms with Crippen LogP contribution in [-0.4, -0.2) is 23.5 Å². The van der Waals surface area contributed by atoms with Crippen molar-refractivity contribution in [2.45, 2.75) is 5.75 Å². The number of carbonyl (C=O) groups is 1. The summed E-state index contributed by atoms with van der Waals surface area (Å²) >= 11 is 1.63. The second kappa shape index (κ2) is 5.53.